The number of thiophene rings is 1. The van der Waals surface area contributed by atoms with Crippen molar-refractivity contribution in [2.75, 3.05) is 15.7 Å². The summed E-state index contributed by atoms with van der Waals surface area (Å²) in [7, 11) is -3.82. The molecule has 5 rings (SSSR count). The van der Waals surface area contributed by atoms with Crippen molar-refractivity contribution >= 4 is 57.5 Å². The Morgan fingerprint density at radius 1 is 1.09 bits per heavy atom. The molecule has 0 amide bonds. The molecule has 7 nitrogen and oxygen atoms in total. The van der Waals surface area contributed by atoms with Crippen LogP contribution in [0.25, 0.3) is 0 Å². The van der Waals surface area contributed by atoms with E-state index >= 15 is 0 Å². The smallest absolute Gasteiger partial charge is 0.274 e. The van der Waals surface area contributed by atoms with Crippen molar-refractivity contribution < 1.29 is 8.42 Å². The highest BCUT2D eigenvalue weighted by atomic mass is 35.5. The molecule has 1 aliphatic rings. The summed E-state index contributed by atoms with van der Waals surface area (Å²) in [4.78, 5) is 9.40. The van der Waals surface area contributed by atoms with E-state index in [1.807, 2.05) is 36.4 Å². The number of nitriles is 1. The molecule has 2 aromatic carbocycles. The zero-order valence-electron chi connectivity index (χ0n) is 18.4. The minimum absolute atomic E-state index is 0. The van der Waals surface area contributed by atoms with Crippen molar-refractivity contribution in [2.24, 2.45) is 0 Å². The molecular weight excluding hydrogens is 525 g/mol. The lowest BCUT2D eigenvalue weighted by atomic mass is 10.0. The molecule has 35 heavy (non-hydrogen) atoms. The van der Waals surface area contributed by atoms with Gasteiger partial charge in [-0.2, -0.15) is 5.26 Å². The predicted molar refractivity (Wildman–Crippen MR) is 143 cm³/mol. The topological polar surface area (TPSA) is 93.1 Å². The summed E-state index contributed by atoms with van der Waals surface area (Å²) in [5.41, 5.74) is 3.69. The monoisotopic (exact) mass is 547 g/mol. The van der Waals surface area contributed by atoms with Crippen LogP contribution in [-0.4, -0.2) is 31.0 Å². The lowest BCUT2D eigenvalue weighted by molar-refractivity contribution is 0.556. The fraction of sp³-hybridized carbons (Fsp3) is 0.167. The van der Waals surface area contributed by atoms with Crippen LogP contribution in [0.2, 0.25) is 0 Å². The van der Waals surface area contributed by atoms with Crippen LogP contribution in [0.1, 0.15) is 16.8 Å². The second-order valence-electron chi connectivity index (χ2n) is 7.85. The van der Waals surface area contributed by atoms with Crippen molar-refractivity contribution in [2.45, 2.75) is 23.2 Å². The summed E-state index contributed by atoms with van der Waals surface area (Å²) in [6.45, 7) is 1.05. The number of nitrogens with one attached hydrogen (secondary N) is 1. The number of halogens is 2. The summed E-state index contributed by atoms with van der Waals surface area (Å²) < 4.78 is 29.5. The Hall–Kier alpha value is -3.03. The number of nitrogens with zero attached hydrogens (tertiary/aromatic N) is 4. The number of anilines is 2. The highest BCUT2D eigenvalue weighted by Gasteiger charge is 2.39. The number of imidazole rings is 1. The number of sulfonamides is 1. The fourth-order valence-electron chi connectivity index (χ4n) is 4.25. The molecule has 11 heteroatoms. The molecule has 0 unspecified atom stereocenters. The first-order valence-corrected chi connectivity index (χ1v) is 12.8. The molecule has 3 heterocycles. The Bertz CT molecular complexity index is 1390. The van der Waals surface area contributed by atoms with Crippen LogP contribution < -0.4 is 9.21 Å². The average molecular weight is 549 g/mol. The summed E-state index contributed by atoms with van der Waals surface area (Å²) in [5.74, 6) is 0. The number of rotatable bonds is 6. The minimum atomic E-state index is -3.82. The van der Waals surface area contributed by atoms with Gasteiger partial charge in [0.15, 0.2) is 0 Å². The molecule has 0 fully saturated rings. The van der Waals surface area contributed by atoms with Crippen LogP contribution in [-0.2, 0) is 23.0 Å². The largest absolute Gasteiger partial charge is 0.362 e. The van der Waals surface area contributed by atoms with E-state index in [2.05, 4.69) is 20.9 Å². The molecule has 4 aromatic rings. The summed E-state index contributed by atoms with van der Waals surface area (Å²) in [6.07, 6.45) is 3.94. The number of benzene rings is 2. The summed E-state index contributed by atoms with van der Waals surface area (Å²) >= 11 is 1.20. The first-order valence-electron chi connectivity index (χ1n) is 10.4. The number of fused-ring (bicyclic) bond motifs is 1. The number of hydrogen-bond donors (Lipinski definition) is 1. The van der Waals surface area contributed by atoms with Crippen LogP contribution in [0.3, 0.4) is 0 Å². The molecule has 0 aliphatic carbocycles. The van der Waals surface area contributed by atoms with E-state index in [4.69, 9.17) is 0 Å². The van der Waals surface area contributed by atoms with Gasteiger partial charge >= 0.3 is 0 Å². The van der Waals surface area contributed by atoms with E-state index in [0.717, 1.165) is 16.9 Å². The van der Waals surface area contributed by atoms with E-state index in [0.29, 0.717) is 30.8 Å². The standard InChI is InChI=1S/C24H21N5O2S2.2ClH/c25-13-19-8-9-22-23(12-19)29(33(30,31)24-7-4-10-32-24)21(11-18-5-2-1-3-6-18)16-28(22)15-20-14-26-17-27-20;;/h1-10,12,14,17,21H,11,15-16H2,(H,26,27);2*1H/t21-;;/m1../s1. The molecule has 0 saturated carbocycles. The van der Waals surface area contributed by atoms with Crippen molar-refractivity contribution in [3.63, 3.8) is 0 Å². The first-order chi connectivity index (χ1) is 16.1. The van der Waals surface area contributed by atoms with Gasteiger partial charge in [0, 0.05) is 12.7 Å². The third-order valence-electron chi connectivity index (χ3n) is 5.68. The molecule has 0 bridgehead atoms. The zero-order chi connectivity index (χ0) is 22.8. The van der Waals surface area contributed by atoms with Gasteiger partial charge in [0.05, 0.1) is 47.6 Å². The van der Waals surface area contributed by atoms with Gasteiger partial charge in [-0.15, -0.1) is 36.2 Å². The Labute approximate surface area is 220 Å². The lowest BCUT2D eigenvalue weighted by Gasteiger charge is -2.43. The van der Waals surface area contributed by atoms with Crippen molar-refractivity contribution in [1.29, 1.82) is 5.26 Å². The van der Waals surface area contributed by atoms with E-state index in [1.165, 1.54) is 15.6 Å². The Kier molecular flexibility index (Phi) is 8.46. The second kappa shape index (κ2) is 11.1. The fourth-order valence-corrected chi connectivity index (χ4v) is 6.98. The van der Waals surface area contributed by atoms with Gasteiger partial charge in [-0.05, 0) is 41.6 Å². The van der Waals surface area contributed by atoms with Crippen LogP contribution in [0.15, 0.2) is 82.8 Å². The highest BCUT2D eigenvalue weighted by molar-refractivity contribution is 7.94. The van der Waals surface area contributed by atoms with E-state index < -0.39 is 10.0 Å². The molecule has 182 valence electrons. The SMILES string of the molecule is Cl.Cl.N#Cc1ccc2c(c1)N(S(=O)(=O)c1cccs1)[C@H](Cc1ccccc1)CN2Cc1cnc[nH]1. The van der Waals surface area contributed by atoms with Crippen molar-refractivity contribution in [1.82, 2.24) is 9.97 Å². The summed E-state index contributed by atoms with van der Waals surface area (Å²) in [5, 5.41) is 11.3. The van der Waals surface area contributed by atoms with Gasteiger partial charge in [-0.1, -0.05) is 36.4 Å². The van der Waals surface area contributed by atoms with Gasteiger partial charge < -0.3 is 9.88 Å². The Morgan fingerprint density at radius 3 is 2.54 bits per heavy atom. The van der Waals surface area contributed by atoms with Gasteiger partial charge in [0.1, 0.15) is 4.21 Å². The van der Waals surface area contributed by atoms with Crippen molar-refractivity contribution in [3.05, 3.63) is 95.4 Å². The van der Waals surface area contributed by atoms with E-state index in [9.17, 15) is 13.7 Å². The number of aromatic nitrogens is 2. The quantitative estimate of drug-likeness (QED) is 0.366. The van der Waals surface area contributed by atoms with Crippen molar-refractivity contribution in [3.8, 4) is 6.07 Å². The van der Waals surface area contributed by atoms with E-state index in [-0.39, 0.29) is 35.1 Å². The molecule has 1 N–H and O–H groups in total. The maximum atomic E-state index is 13.9. The van der Waals surface area contributed by atoms with Gasteiger partial charge in [-0.3, -0.25) is 4.31 Å². The molecular formula is C24H23Cl2N5O2S2. The number of H-pyrrole nitrogens is 1. The molecule has 1 aliphatic heterocycles. The zero-order valence-corrected chi connectivity index (χ0v) is 21.7. The number of aromatic amines is 1. The molecule has 2 aromatic heterocycles. The van der Waals surface area contributed by atoms with Crippen LogP contribution in [0.4, 0.5) is 11.4 Å². The van der Waals surface area contributed by atoms with Gasteiger partial charge in [0.25, 0.3) is 10.0 Å². The lowest BCUT2D eigenvalue weighted by Crippen LogP contribution is -2.52. The number of hydrogen-bond acceptors (Lipinski definition) is 6. The van der Waals surface area contributed by atoms with Crippen LogP contribution in [0.5, 0.6) is 0 Å². The highest BCUT2D eigenvalue weighted by Crippen LogP contribution is 2.41. The molecule has 0 radical (unpaired) electrons. The van der Waals surface area contributed by atoms with Crippen LogP contribution in [0, 0.1) is 11.3 Å². The third-order valence-corrected chi connectivity index (χ3v) is 8.92. The maximum Gasteiger partial charge on any atom is 0.274 e. The first kappa shape index (κ1) is 26.6. The summed E-state index contributed by atoms with van der Waals surface area (Å²) in [6, 6.07) is 20.3. The van der Waals surface area contributed by atoms with E-state index in [1.54, 1.807) is 42.2 Å². The van der Waals surface area contributed by atoms with Gasteiger partial charge in [0.2, 0.25) is 0 Å². The molecule has 0 spiro atoms. The average Bonchev–Trinajstić information content (AvgIpc) is 3.54. The predicted octanol–water partition coefficient (Wildman–Crippen LogP) is 5.01. The maximum absolute atomic E-state index is 13.9. The normalized spacial score (nSPS) is 14.9. The van der Waals surface area contributed by atoms with Gasteiger partial charge in [-0.25, -0.2) is 13.4 Å². The molecule has 0 saturated heterocycles. The minimum Gasteiger partial charge on any atom is -0.362 e. The van der Waals surface area contributed by atoms with Crippen LogP contribution >= 0.6 is 36.2 Å². The Morgan fingerprint density at radius 2 is 1.89 bits per heavy atom. The molecule has 1 atom stereocenters. The Balaban J connectivity index is 0.00000171. The third kappa shape index (κ3) is 5.31. The second-order valence-corrected chi connectivity index (χ2v) is 10.8.